The van der Waals surface area contributed by atoms with Crippen molar-refractivity contribution in [1.82, 2.24) is 0 Å². The van der Waals surface area contributed by atoms with Crippen molar-refractivity contribution in [2.75, 3.05) is 0 Å². The van der Waals surface area contributed by atoms with Crippen LogP contribution in [0.15, 0.2) is 0 Å². The summed E-state index contributed by atoms with van der Waals surface area (Å²) in [5.41, 5.74) is 0. The van der Waals surface area contributed by atoms with Crippen LogP contribution in [0.4, 0.5) is 30.7 Å². The summed E-state index contributed by atoms with van der Waals surface area (Å²) in [6, 6.07) is 0. The maximum atomic E-state index is 12.7. The van der Waals surface area contributed by atoms with Crippen LogP contribution in [0.5, 0.6) is 0 Å². The van der Waals surface area contributed by atoms with Crippen LogP contribution < -0.4 is 0 Å². The molecular formula is C4Cl2F7I. The lowest BCUT2D eigenvalue weighted by Crippen LogP contribution is -2.57. The average molecular weight is 379 g/mol. The molecule has 0 spiro atoms. The van der Waals surface area contributed by atoms with Gasteiger partial charge in [-0.05, 0) is 22.6 Å². The van der Waals surface area contributed by atoms with E-state index in [2.05, 4.69) is 23.2 Å². The maximum absolute atomic E-state index is 12.7. The highest BCUT2D eigenvalue weighted by Crippen LogP contribution is 2.57. The Morgan fingerprint density at radius 3 is 1.14 bits per heavy atom. The highest BCUT2D eigenvalue weighted by atomic mass is 127. The Morgan fingerprint density at radius 1 is 0.786 bits per heavy atom. The minimum Gasteiger partial charge on any atom is -0.213 e. The van der Waals surface area contributed by atoms with Gasteiger partial charge in [0.15, 0.2) is 0 Å². The molecule has 10 heteroatoms. The fraction of sp³-hybridized carbons (Fsp3) is 1.00. The zero-order valence-corrected chi connectivity index (χ0v) is 9.45. The van der Waals surface area contributed by atoms with E-state index in [1.807, 2.05) is 0 Å². The standard InChI is InChI=1S/C4Cl2F7I/c5-1(7,3(6,10)14)2(8,9)4(11,12)13. The van der Waals surface area contributed by atoms with Gasteiger partial charge in [-0.15, -0.1) is 0 Å². The van der Waals surface area contributed by atoms with Crippen LogP contribution in [0.3, 0.4) is 0 Å². The van der Waals surface area contributed by atoms with Gasteiger partial charge in [-0.2, -0.15) is 22.0 Å². The average Bonchev–Trinajstić information content (AvgIpc) is 1.81. The monoisotopic (exact) mass is 378 g/mol. The lowest BCUT2D eigenvalue weighted by atomic mass is 10.2. The Balaban J connectivity index is 5.30. The minimum atomic E-state index is -6.33. The summed E-state index contributed by atoms with van der Waals surface area (Å²) in [6.45, 7) is 0. The van der Waals surface area contributed by atoms with Crippen molar-refractivity contribution < 1.29 is 30.7 Å². The first-order chi connectivity index (χ1) is 5.75. The molecule has 2 atom stereocenters. The van der Waals surface area contributed by atoms with Gasteiger partial charge in [0.25, 0.3) is 3.13 Å². The largest absolute Gasteiger partial charge is 0.458 e. The number of alkyl halides is 10. The second-order valence-electron chi connectivity index (χ2n) is 2.14. The van der Waals surface area contributed by atoms with Crippen LogP contribution in [0, 0.1) is 0 Å². The van der Waals surface area contributed by atoms with E-state index in [1.54, 1.807) is 0 Å². The van der Waals surface area contributed by atoms with E-state index in [4.69, 9.17) is 0 Å². The van der Waals surface area contributed by atoms with Crippen LogP contribution in [-0.2, 0) is 0 Å². The Labute approximate surface area is 96.9 Å². The fourth-order valence-corrected chi connectivity index (χ4v) is 0.921. The van der Waals surface area contributed by atoms with Gasteiger partial charge < -0.3 is 0 Å². The van der Waals surface area contributed by atoms with Gasteiger partial charge >= 0.3 is 17.2 Å². The van der Waals surface area contributed by atoms with E-state index >= 15 is 0 Å². The minimum absolute atomic E-state index is 0.196. The molecule has 2 unspecified atom stereocenters. The molecule has 0 aromatic rings. The van der Waals surface area contributed by atoms with Crippen molar-refractivity contribution in [3.8, 4) is 0 Å². The van der Waals surface area contributed by atoms with Crippen LogP contribution in [0.2, 0.25) is 0 Å². The summed E-state index contributed by atoms with van der Waals surface area (Å²) < 4.78 is 80.2. The molecule has 0 aliphatic rings. The molecule has 0 saturated heterocycles. The van der Waals surface area contributed by atoms with Gasteiger partial charge in [-0.3, -0.25) is 0 Å². The van der Waals surface area contributed by atoms with E-state index in [0.717, 1.165) is 0 Å². The summed E-state index contributed by atoms with van der Waals surface area (Å²) in [4.78, 5) is 0. The molecule has 0 aromatic heterocycles. The third-order valence-electron chi connectivity index (χ3n) is 1.11. The predicted molar refractivity (Wildman–Crippen MR) is 44.4 cm³/mol. The quantitative estimate of drug-likeness (QED) is 0.380. The molecule has 0 radical (unpaired) electrons. The number of hydrogen-bond donors (Lipinski definition) is 0. The topological polar surface area (TPSA) is 0 Å². The van der Waals surface area contributed by atoms with E-state index in [1.165, 1.54) is 0 Å². The summed E-state index contributed by atoms with van der Waals surface area (Å²) in [6.07, 6.45) is -6.33. The van der Waals surface area contributed by atoms with Crippen molar-refractivity contribution >= 4 is 45.8 Å². The molecule has 0 fully saturated rings. The number of rotatable bonds is 2. The van der Waals surface area contributed by atoms with Gasteiger partial charge in [0, 0.05) is 0 Å². The summed E-state index contributed by atoms with van der Waals surface area (Å²) >= 11 is 8.68. The lowest BCUT2D eigenvalue weighted by molar-refractivity contribution is -0.316. The first-order valence-corrected chi connectivity index (χ1v) is 4.47. The second-order valence-corrected chi connectivity index (χ2v) is 5.31. The SMILES string of the molecule is FC(F)(F)C(F)(F)C(F)(Cl)C(F)(Cl)I. The maximum Gasteiger partial charge on any atom is 0.458 e. The smallest absolute Gasteiger partial charge is 0.213 e. The molecule has 0 saturated carbocycles. The summed E-state index contributed by atoms with van der Waals surface area (Å²) in [5.74, 6) is -6.10. The van der Waals surface area contributed by atoms with Gasteiger partial charge in [-0.25, -0.2) is 8.78 Å². The highest BCUT2D eigenvalue weighted by molar-refractivity contribution is 14.1. The summed E-state index contributed by atoms with van der Waals surface area (Å²) in [7, 11) is 0. The van der Waals surface area contributed by atoms with Crippen molar-refractivity contribution in [2.45, 2.75) is 20.4 Å². The van der Waals surface area contributed by atoms with Crippen molar-refractivity contribution in [3.05, 3.63) is 0 Å². The molecule has 0 nitrogen and oxygen atoms in total. The molecule has 0 aromatic carbocycles. The van der Waals surface area contributed by atoms with E-state index in [9.17, 15) is 30.7 Å². The van der Waals surface area contributed by atoms with Crippen molar-refractivity contribution in [2.24, 2.45) is 0 Å². The second kappa shape index (κ2) is 3.69. The van der Waals surface area contributed by atoms with Crippen LogP contribution >= 0.6 is 45.8 Å². The van der Waals surface area contributed by atoms with Gasteiger partial charge in [0.2, 0.25) is 0 Å². The normalized spacial score (nSPS) is 22.7. The third-order valence-corrected chi connectivity index (χ3v) is 3.02. The number of hydrogen-bond acceptors (Lipinski definition) is 0. The number of halogens is 10. The molecule has 0 aliphatic heterocycles. The Bertz CT molecular complexity index is 193. The fourth-order valence-electron chi connectivity index (χ4n) is 0.356. The molecule has 0 aliphatic carbocycles. The Hall–Kier alpha value is 0.820. The Kier molecular flexibility index (Phi) is 3.90. The van der Waals surface area contributed by atoms with Gasteiger partial charge in [0.05, 0.1) is 0 Å². The van der Waals surface area contributed by atoms with Crippen LogP contribution in [0.25, 0.3) is 0 Å². The van der Waals surface area contributed by atoms with E-state index in [-0.39, 0.29) is 22.6 Å². The molecule has 0 N–H and O–H groups in total. The molecule has 0 heterocycles. The predicted octanol–water partition coefficient (Wildman–Crippen LogP) is 4.39. The molecule has 14 heavy (non-hydrogen) atoms. The molecular weight excluding hydrogens is 379 g/mol. The zero-order chi connectivity index (χ0) is 12.0. The molecule has 86 valence electrons. The lowest BCUT2D eigenvalue weighted by Gasteiger charge is -2.33. The van der Waals surface area contributed by atoms with Crippen LogP contribution in [-0.4, -0.2) is 20.4 Å². The van der Waals surface area contributed by atoms with E-state index < -0.39 is 20.4 Å². The summed E-state index contributed by atoms with van der Waals surface area (Å²) in [5, 5.41) is -5.08. The van der Waals surface area contributed by atoms with Crippen molar-refractivity contribution in [3.63, 3.8) is 0 Å². The zero-order valence-electron chi connectivity index (χ0n) is 5.78. The third kappa shape index (κ3) is 2.31. The van der Waals surface area contributed by atoms with Gasteiger partial charge in [0.1, 0.15) is 0 Å². The first kappa shape index (κ1) is 14.8. The van der Waals surface area contributed by atoms with Crippen molar-refractivity contribution in [1.29, 1.82) is 0 Å². The van der Waals surface area contributed by atoms with E-state index in [0.29, 0.717) is 0 Å². The highest BCUT2D eigenvalue weighted by Gasteiger charge is 2.78. The van der Waals surface area contributed by atoms with Crippen LogP contribution in [0.1, 0.15) is 0 Å². The Morgan fingerprint density at radius 2 is 1.07 bits per heavy atom. The molecule has 0 rings (SSSR count). The first-order valence-electron chi connectivity index (χ1n) is 2.64. The molecule has 0 amide bonds. The van der Waals surface area contributed by atoms with Gasteiger partial charge in [-0.1, -0.05) is 23.2 Å². The molecule has 0 bridgehead atoms.